The van der Waals surface area contributed by atoms with Gasteiger partial charge in [0.1, 0.15) is 5.75 Å². The van der Waals surface area contributed by atoms with E-state index in [1.165, 1.54) is 0 Å². The highest BCUT2D eigenvalue weighted by Gasteiger charge is 2.30. The molecule has 2 rings (SSSR count). The van der Waals surface area contributed by atoms with Gasteiger partial charge in [-0.05, 0) is 30.0 Å². The standard InChI is InChI=1S/C17H25NO3/c1-12(2)17-14(7-8-21-17)11-18-16(19)10-13-5-4-6-15(9-13)20-3/h4-6,9,12,14,17H,7-8,10-11H2,1-3H3,(H,18,19). The summed E-state index contributed by atoms with van der Waals surface area (Å²) in [6.07, 6.45) is 1.68. The maximum absolute atomic E-state index is 12.1. The number of hydrogen-bond donors (Lipinski definition) is 1. The molecule has 0 saturated carbocycles. The monoisotopic (exact) mass is 291 g/mol. The summed E-state index contributed by atoms with van der Waals surface area (Å²) in [5.74, 6) is 1.76. The highest BCUT2D eigenvalue weighted by Crippen LogP contribution is 2.26. The molecular weight excluding hydrogens is 266 g/mol. The first-order valence-corrected chi connectivity index (χ1v) is 7.61. The molecule has 1 fully saturated rings. The van der Waals surface area contributed by atoms with Crippen molar-refractivity contribution in [3.05, 3.63) is 29.8 Å². The van der Waals surface area contributed by atoms with Gasteiger partial charge in [-0.3, -0.25) is 4.79 Å². The Kier molecular flexibility index (Phi) is 5.62. The molecule has 4 heteroatoms. The Morgan fingerprint density at radius 2 is 2.29 bits per heavy atom. The fraction of sp³-hybridized carbons (Fsp3) is 0.588. The van der Waals surface area contributed by atoms with Gasteiger partial charge in [0.05, 0.1) is 19.6 Å². The molecule has 1 N–H and O–H groups in total. The Balaban J connectivity index is 1.82. The molecule has 1 aliphatic rings. The number of carbonyl (C=O) groups excluding carboxylic acids is 1. The van der Waals surface area contributed by atoms with Gasteiger partial charge in [-0.15, -0.1) is 0 Å². The van der Waals surface area contributed by atoms with Gasteiger partial charge in [-0.2, -0.15) is 0 Å². The summed E-state index contributed by atoms with van der Waals surface area (Å²) in [5.41, 5.74) is 0.968. The quantitative estimate of drug-likeness (QED) is 0.875. The van der Waals surface area contributed by atoms with E-state index in [9.17, 15) is 4.79 Å². The number of carbonyl (C=O) groups is 1. The van der Waals surface area contributed by atoms with Crippen molar-refractivity contribution in [2.24, 2.45) is 11.8 Å². The summed E-state index contributed by atoms with van der Waals surface area (Å²) in [6.45, 7) is 5.84. The van der Waals surface area contributed by atoms with Crippen molar-refractivity contribution in [2.45, 2.75) is 32.8 Å². The summed E-state index contributed by atoms with van der Waals surface area (Å²) in [7, 11) is 1.63. The highest BCUT2D eigenvalue weighted by atomic mass is 16.5. The van der Waals surface area contributed by atoms with Gasteiger partial charge >= 0.3 is 0 Å². The summed E-state index contributed by atoms with van der Waals surface area (Å²) in [5, 5.41) is 3.04. The average molecular weight is 291 g/mol. The molecule has 1 amide bonds. The molecule has 0 aliphatic carbocycles. The molecule has 2 atom stereocenters. The average Bonchev–Trinajstić information content (AvgIpc) is 2.94. The summed E-state index contributed by atoms with van der Waals surface area (Å²) >= 11 is 0. The van der Waals surface area contributed by atoms with Crippen LogP contribution in [0.3, 0.4) is 0 Å². The van der Waals surface area contributed by atoms with Gasteiger partial charge in [0, 0.05) is 19.1 Å². The predicted molar refractivity (Wildman–Crippen MR) is 82.4 cm³/mol. The second kappa shape index (κ2) is 7.46. The first-order valence-electron chi connectivity index (χ1n) is 7.61. The van der Waals surface area contributed by atoms with E-state index >= 15 is 0 Å². The maximum Gasteiger partial charge on any atom is 0.224 e. The van der Waals surface area contributed by atoms with Gasteiger partial charge in [0.25, 0.3) is 0 Å². The number of amides is 1. The van der Waals surface area contributed by atoms with E-state index in [-0.39, 0.29) is 12.0 Å². The molecule has 1 aliphatic heterocycles. The zero-order valence-corrected chi connectivity index (χ0v) is 13.1. The number of ether oxygens (including phenoxy) is 2. The Morgan fingerprint density at radius 1 is 1.48 bits per heavy atom. The van der Waals surface area contributed by atoms with Crippen molar-refractivity contribution < 1.29 is 14.3 Å². The fourth-order valence-electron chi connectivity index (χ4n) is 2.89. The predicted octanol–water partition coefficient (Wildman–Crippen LogP) is 2.42. The molecular formula is C17H25NO3. The number of nitrogens with one attached hydrogen (secondary N) is 1. The van der Waals surface area contributed by atoms with E-state index < -0.39 is 0 Å². The van der Waals surface area contributed by atoms with Crippen molar-refractivity contribution in [3.63, 3.8) is 0 Å². The van der Waals surface area contributed by atoms with E-state index in [4.69, 9.17) is 9.47 Å². The fourth-order valence-corrected chi connectivity index (χ4v) is 2.89. The van der Waals surface area contributed by atoms with Crippen LogP contribution in [0.15, 0.2) is 24.3 Å². The van der Waals surface area contributed by atoms with Gasteiger partial charge in [0.2, 0.25) is 5.91 Å². The zero-order valence-electron chi connectivity index (χ0n) is 13.1. The lowest BCUT2D eigenvalue weighted by molar-refractivity contribution is -0.120. The third-order valence-corrected chi connectivity index (χ3v) is 3.98. The van der Waals surface area contributed by atoms with Crippen molar-refractivity contribution in [2.75, 3.05) is 20.3 Å². The first-order chi connectivity index (χ1) is 10.1. The molecule has 0 bridgehead atoms. The first kappa shape index (κ1) is 15.8. The normalized spacial score (nSPS) is 21.5. The zero-order chi connectivity index (χ0) is 15.2. The van der Waals surface area contributed by atoms with E-state index in [1.54, 1.807) is 7.11 Å². The van der Waals surface area contributed by atoms with E-state index in [1.807, 2.05) is 24.3 Å². The molecule has 0 aromatic heterocycles. The van der Waals surface area contributed by atoms with Crippen molar-refractivity contribution in [1.82, 2.24) is 5.32 Å². The van der Waals surface area contributed by atoms with Crippen molar-refractivity contribution in [1.29, 1.82) is 0 Å². The summed E-state index contributed by atoms with van der Waals surface area (Å²) in [6, 6.07) is 7.62. The summed E-state index contributed by atoms with van der Waals surface area (Å²) in [4.78, 5) is 12.1. The van der Waals surface area contributed by atoms with Crippen LogP contribution in [0.5, 0.6) is 5.75 Å². The molecule has 0 radical (unpaired) electrons. The Morgan fingerprint density at radius 3 is 3.00 bits per heavy atom. The van der Waals surface area contributed by atoms with E-state index in [2.05, 4.69) is 19.2 Å². The second-order valence-electron chi connectivity index (χ2n) is 5.96. The van der Waals surface area contributed by atoms with Crippen LogP contribution >= 0.6 is 0 Å². The number of hydrogen-bond acceptors (Lipinski definition) is 3. The SMILES string of the molecule is COc1cccc(CC(=O)NCC2CCOC2C(C)C)c1. The third-order valence-electron chi connectivity index (χ3n) is 3.98. The number of benzene rings is 1. The molecule has 1 aromatic carbocycles. The lowest BCUT2D eigenvalue weighted by Crippen LogP contribution is -2.35. The van der Waals surface area contributed by atoms with Gasteiger partial charge in [-0.1, -0.05) is 26.0 Å². The van der Waals surface area contributed by atoms with Crippen LogP contribution < -0.4 is 10.1 Å². The highest BCUT2D eigenvalue weighted by molar-refractivity contribution is 5.78. The van der Waals surface area contributed by atoms with Gasteiger partial charge in [0.15, 0.2) is 0 Å². The van der Waals surface area contributed by atoms with Crippen molar-refractivity contribution >= 4 is 5.91 Å². The Labute approximate surface area is 126 Å². The minimum Gasteiger partial charge on any atom is -0.497 e. The number of methoxy groups -OCH3 is 1. The van der Waals surface area contributed by atoms with Crippen LogP contribution in [0, 0.1) is 11.8 Å². The molecule has 1 heterocycles. The molecule has 2 unspecified atom stereocenters. The van der Waals surface area contributed by atoms with Crippen LogP contribution in [-0.4, -0.2) is 32.3 Å². The van der Waals surface area contributed by atoms with Crippen LogP contribution in [0.4, 0.5) is 0 Å². The van der Waals surface area contributed by atoms with Crippen molar-refractivity contribution in [3.8, 4) is 5.75 Å². The summed E-state index contributed by atoms with van der Waals surface area (Å²) < 4.78 is 10.9. The van der Waals surface area contributed by atoms with E-state index in [0.717, 1.165) is 24.3 Å². The minimum absolute atomic E-state index is 0.0534. The molecule has 1 saturated heterocycles. The minimum atomic E-state index is 0.0534. The van der Waals surface area contributed by atoms with E-state index in [0.29, 0.717) is 24.8 Å². The maximum atomic E-state index is 12.1. The second-order valence-corrected chi connectivity index (χ2v) is 5.96. The molecule has 1 aromatic rings. The van der Waals surface area contributed by atoms with Crippen LogP contribution in [-0.2, 0) is 16.0 Å². The van der Waals surface area contributed by atoms with Crippen LogP contribution in [0.25, 0.3) is 0 Å². The van der Waals surface area contributed by atoms with Gasteiger partial charge < -0.3 is 14.8 Å². The third kappa shape index (κ3) is 4.46. The smallest absolute Gasteiger partial charge is 0.224 e. The topological polar surface area (TPSA) is 47.6 Å². The molecule has 116 valence electrons. The molecule has 21 heavy (non-hydrogen) atoms. The Bertz CT molecular complexity index is 473. The molecule has 0 spiro atoms. The van der Waals surface area contributed by atoms with Crippen LogP contribution in [0.2, 0.25) is 0 Å². The lowest BCUT2D eigenvalue weighted by atomic mass is 9.93. The molecule has 4 nitrogen and oxygen atoms in total. The van der Waals surface area contributed by atoms with Gasteiger partial charge in [-0.25, -0.2) is 0 Å². The van der Waals surface area contributed by atoms with Crippen LogP contribution in [0.1, 0.15) is 25.8 Å². The largest absolute Gasteiger partial charge is 0.497 e. The Hall–Kier alpha value is -1.55. The lowest BCUT2D eigenvalue weighted by Gasteiger charge is -2.22. The number of rotatable bonds is 6.